The number of alkyl halides is 3. The number of rotatable bonds is 5. The van der Waals surface area contributed by atoms with Crippen molar-refractivity contribution in [3.8, 4) is 0 Å². The van der Waals surface area contributed by atoms with E-state index in [1.165, 1.54) is 17.8 Å². The van der Waals surface area contributed by atoms with E-state index in [1.807, 2.05) is 6.92 Å². The summed E-state index contributed by atoms with van der Waals surface area (Å²) in [5.41, 5.74) is 0. The summed E-state index contributed by atoms with van der Waals surface area (Å²) >= 11 is 1.27. The number of aromatic nitrogens is 2. The summed E-state index contributed by atoms with van der Waals surface area (Å²) in [6.07, 6.45) is -2.50. The highest BCUT2D eigenvalue weighted by molar-refractivity contribution is 7.98. The number of halogens is 3. The van der Waals surface area contributed by atoms with Crippen LogP contribution in [0.25, 0.3) is 0 Å². The fourth-order valence-corrected chi connectivity index (χ4v) is 1.45. The topological polar surface area (TPSA) is 49.8 Å². The van der Waals surface area contributed by atoms with Gasteiger partial charge in [0.25, 0.3) is 0 Å². The van der Waals surface area contributed by atoms with Crippen molar-refractivity contribution < 1.29 is 13.2 Å². The second kappa shape index (κ2) is 5.95. The number of thioether (sulfide) groups is 1. The van der Waals surface area contributed by atoms with Crippen molar-refractivity contribution in [2.24, 2.45) is 0 Å². The number of hydrogen-bond acceptors (Lipinski definition) is 5. The number of anilines is 2. The zero-order chi connectivity index (χ0) is 12.9. The minimum atomic E-state index is -4.26. The lowest BCUT2D eigenvalue weighted by Gasteiger charge is -2.11. The summed E-state index contributed by atoms with van der Waals surface area (Å²) in [6, 6.07) is 1.45. The van der Waals surface area contributed by atoms with Crippen LogP contribution >= 0.6 is 11.8 Å². The lowest BCUT2D eigenvalue weighted by molar-refractivity contribution is -0.115. The molecule has 1 rings (SSSR count). The molecule has 0 spiro atoms. The quantitative estimate of drug-likeness (QED) is 0.633. The van der Waals surface area contributed by atoms with Crippen molar-refractivity contribution in [1.82, 2.24) is 9.97 Å². The smallest absolute Gasteiger partial charge is 0.370 e. The number of hydrogen-bond donors (Lipinski definition) is 2. The van der Waals surface area contributed by atoms with Gasteiger partial charge in [0.15, 0.2) is 5.16 Å². The van der Waals surface area contributed by atoms with Crippen molar-refractivity contribution >= 4 is 23.4 Å². The van der Waals surface area contributed by atoms with Gasteiger partial charge in [-0.1, -0.05) is 11.8 Å². The summed E-state index contributed by atoms with van der Waals surface area (Å²) in [4.78, 5) is 8.04. The summed E-state index contributed by atoms with van der Waals surface area (Å²) in [7, 11) is 0. The third-order valence-corrected chi connectivity index (χ3v) is 2.26. The van der Waals surface area contributed by atoms with E-state index >= 15 is 0 Å². The highest BCUT2D eigenvalue weighted by Gasteiger charge is 2.26. The molecule has 0 amide bonds. The zero-order valence-corrected chi connectivity index (χ0v) is 10.2. The second-order valence-electron chi connectivity index (χ2n) is 3.12. The molecule has 4 nitrogen and oxygen atoms in total. The molecule has 0 saturated carbocycles. The molecular formula is C9H13F3N4S. The molecule has 0 unspecified atom stereocenters. The van der Waals surface area contributed by atoms with Gasteiger partial charge in [-0.25, -0.2) is 9.97 Å². The zero-order valence-electron chi connectivity index (χ0n) is 9.43. The van der Waals surface area contributed by atoms with Crippen LogP contribution in [0.5, 0.6) is 0 Å². The van der Waals surface area contributed by atoms with Crippen molar-refractivity contribution in [1.29, 1.82) is 0 Å². The Morgan fingerprint density at radius 2 is 1.82 bits per heavy atom. The molecule has 0 bridgehead atoms. The molecule has 1 aromatic rings. The maximum absolute atomic E-state index is 12.0. The molecule has 0 fully saturated rings. The molecule has 0 aliphatic rings. The van der Waals surface area contributed by atoms with Crippen LogP contribution in [-0.4, -0.2) is 35.5 Å². The van der Waals surface area contributed by atoms with Crippen molar-refractivity contribution in [2.45, 2.75) is 18.3 Å². The van der Waals surface area contributed by atoms with Gasteiger partial charge in [-0.15, -0.1) is 0 Å². The molecular weight excluding hydrogens is 253 g/mol. The van der Waals surface area contributed by atoms with Gasteiger partial charge in [0.05, 0.1) is 0 Å². The van der Waals surface area contributed by atoms with E-state index in [1.54, 1.807) is 6.26 Å². The van der Waals surface area contributed by atoms with Gasteiger partial charge < -0.3 is 10.6 Å². The third-order valence-electron chi connectivity index (χ3n) is 1.72. The lowest BCUT2D eigenvalue weighted by atomic mass is 10.5. The number of nitrogens with one attached hydrogen (secondary N) is 2. The van der Waals surface area contributed by atoms with Gasteiger partial charge in [-0.2, -0.15) is 13.2 Å². The summed E-state index contributed by atoms with van der Waals surface area (Å²) in [6.45, 7) is 1.41. The van der Waals surface area contributed by atoms with Crippen LogP contribution in [0.2, 0.25) is 0 Å². The predicted molar refractivity (Wildman–Crippen MR) is 62.5 cm³/mol. The molecule has 1 heterocycles. The first-order chi connectivity index (χ1) is 7.94. The predicted octanol–water partition coefficient (Wildman–Crippen LogP) is 2.60. The monoisotopic (exact) mass is 266 g/mol. The largest absolute Gasteiger partial charge is 0.405 e. The third kappa shape index (κ3) is 5.12. The molecule has 96 valence electrons. The summed E-state index contributed by atoms with van der Waals surface area (Å²) in [5, 5.41) is 5.59. The van der Waals surface area contributed by atoms with Gasteiger partial charge in [0.2, 0.25) is 0 Å². The van der Waals surface area contributed by atoms with Gasteiger partial charge in [-0.05, 0) is 13.2 Å². The minimum absolute atomic E-state index is 0.164. The van der Waals surface area contributed by atoms with E-state index in [0.29, 0.717) is 17.5 Å². The van der Waals surface area contributed by atoms with E-state index < -0.39 is 12.7 Å². The van der Waals surface area contributed by atoms with Crippen molar-refractivity contribution in [3.05, 3.63) is 6.07 Å². The van der Waals surface area contributed by atoms with Crippen LogP contribution in [0.4, 0.5) is 24.8 Å². The highest BCUT2D eigenvalue weighted by Crippen LogP contribution is 2.19. The summed E-state index contributed by atoms with van der Waals surface area (Å²) in [5.74, 6) is 0.675. The molecule has 8 heteroatoms. The van der Waals surface area contributed by atoms with Gasteiger partial charge in [0.1, 0.15) is 18.2 Å². The van der Waals surface area contributed by atoms with E-state index in [2.05, 4.69) is 20.6 Å². The first-order valence-corrected chi connectivity index (χ1v) is 6.14. The Labute approximate surface area is 101 Å². The van der Waals surface area contributed by atoms with Crippen LogP contribution in [0.3, 0.4) is 0 Å². The Morgan fingerprint density at radius 1 is 1.24 bits per heavy atom. The fraction of sp³-hybridized carbons (Fsp3) is 0.556. The van der Waals surface area contributed by atoms with Crippen molar-refractivity contribution in [3.63, 3.8) is 0 Å². The Bertz CT molecular complexity index is 370. The van der Waals surface area contributed by atoms with E-state index in [-0.39, 0.29) is 5.82 Å². The van der Waals surface area contributed by atoms with Crippen LogP contribution in [0.15, 0.2) is 11.2 Å². The maximum Gasteiger partial charge on any atom is 0.405 e. The molecule has 0 radical (unpaired) electrons. The second-order valence-corrected chi connectivity index (χ2v) is 3.90. The molecule has 0 aliphatic heterocycles. The SMILES string of the molecule is CCNc1cc(NCC(F)(F)F)nc(SC)n1. The Morgan fingerprint density at radius 3 is 2.29 bits per heavy atom. The van der Waals surface area contributed by atoms with Gasteiger partial charge >= 0.3 is 6.18 Å². The first-order valence-electron chi connectivity index (χ1n) is 4.92. The Hall–Kier alpha value is -1.18. The normalized spacial score (nSPS) is 11.4. The van der Waals surface area contributed by atoms with Crippen LogP contribution in [-0.2, 0) is 0 Å². The van der Waals surface area contributed by atoms with E-state index in [4.69, 9.17) is 0 Å². The molecule has 2 N–H and O–H groups in total. The molecule has 1 aromatic heterocycles. The fourth-order valence-electron chi connectivity index (χ4n) is 1.07. The molecule has 0 saturated heterocycles. The average Bonchev–Trinajstić information content (AvgIpc) is 2.25. The van der Waals surface area contributed by atoms with Crippen LogP contribution < -0.4 is 10.6 Å². The minimum Gasteiger partial charge on any atom is -0.370 e. The lowest BCUT2D eigenvalue weighted by Crippen LogP contribution is -2.22. The Kier molecular flexibility index (Phi) is 4.86. The van der Waals surface area contributed by atoms with Gasteiger partial charge in [0, 0.05) is 12.6 Å². The average molecular weight is 266 g/mol. The van der Waals surface area contributed by atoms with Crippen LogP contribution in [0, 0.1) is 0 Å². The highest BCUT2D eigenvalue weighted by atomic mass is 32.2. The Balaban J connectivity index is 2.79. The van der Waals surface area contributed by atoms with Gasteiger partial charge in [-0.3, -0.25) is 0 Å². The van der Waals surface area contributed by atoms with E-state index in [9.17, 15) is 13.2 Å². The van der Waals surface area contributed by atoms with Crippen LogP contribution in [0.1, 0.15) is 6.92 Å². The van der Waals surface area contributed by atoms with Crippen molar-refractivity contribution in [2.75, 3.05) is 30.0 Å². The summed E-state index contributed by atoms with van der Waals surface area (Å²) < 4.78 is 36.1. The molecule has 0 aliphatic carbocycles. The maximum atomic E-state index is 12.0. The first kappa shape index (κ1) is 13.9. The standard InChI is InChI=1S/C9H13F3N4S/c1-3-13-6-4-7(14-5-9(10,11)12)16-8(15-6)17-2/h4H,3,5H2,1-2H3,(H2,13,14,15,16). The number of nitrogens with zero attached hydrogens (tertiary/aromatic N) is 2. The molecule has 0 aromatic carbocycles. The molecule has 0 atom stereocenters. The molecule has 17 heavy (non-hydrogen) atoms. The van der Waals surface area contributed by atoms with E-state index in [0.717, 1.165) is 0 Å².